The monoisotopic (exact) mass is 222 g/mol. The molecule has 5 nitrogen and oxygen atoms in total. The van der Waals surface area contributed by atoms with Gasteiger partial charge in [0.25, 0.3) is 0 Å². The Balaban J connectivity index is 2.16. The van der Waals surface area contributed by atoms with Crippen LogP contribution in [0.2, 0.25) is 0 Å². The molecule has 0 aliphatic carbocycles. The lowest BCUT2D eigenvalue weighted by molar-refractivity contribution is 0.0939. The first kappa shape index (κ1) is 11.3. The van der Waals surface area contributed by atoms with Crippen molar-refractivity contribution in [2.24, 2.45) is 0 Å². The van der Waals surface area contributed by atoms with Crippen LogP contribution in [0.25, 0.3) is 0 Å². The van der Waals surface area contributed by atoms with Gasteiger partial charge in [-0.25, -0.2) is 9.97 Å². The third-order valence-electron chi connectivity index (χ3n) is 2.72. The van der Waals surface area contributed by atoms with Gasteiger partial charge >= 0.3 is 0 Å². The molecule has 5 heteroatoms. The summed E-state index contributed by atoms with van der Waals surface area (Å²) >= 11 is 0. The summed E-state index contributed by atoms with van der Waals surface area (Å²) in [5.41, 5.74) is 0. The number of hydrogen-bond acceptors (Lipinski definition) is 5. The predicted molar refractivity (Wildman–Crippen MR) is 62.6 cm³/mol. The summed E-state index contributed by atoms with van der Waals surface area (Å²) in [5.74, 6) is 1.81. The van der Waals surface area contributed by atoms with Crippen molar-refractivity contribution in [3.8, 4) is 0 Å². The Hall–Kier alpha value is -1.20. The van der Waals surface area contributed by atoms with E-state index in [0.717, 1.165) is 37.9 Å². The average molecular weight is 222 g/mol. The van der Waals surface area contributed by atoms with Gasteiger partial charge in [-0.05, 0) is 20.0 Å². The fourth-order valence-electron chi connectivity index (χ4n) is 1.96. The zero-order valence-corrected chi connectivity index (χ0v) is 9.81. The Kier molecular flexibility index (Phi) is 3.69. The second-order valence-corrected chi connectivity index (χ2v) is 3.94. The molecule has 0 saturated carbocycles. The van der Waals surface area contributed by atoms with Crippen LogP contribution >= 0.6 is 0 Å². The highest BCUT2D eigenvalue weighted by atomic mass is 16.5. The highest BCUT2D eigenvalue weighted by Crippen LogP contribution is 2.16. The molecule has 1 saturated heterocycles. The zero-order valence-electron chi connectivity index (χ0n) is 9.81. The lowest BCUT2D eigenvalue weighted by Crippen LogP contribution is -2.50. The first-order valence-electron chi connectivity index (χ1n) is 5.60. The molecule has 0 amide bonds. The van der Waals surface area contributed by atoms with Crippen LogP contribution < -0.4 is 10.2 Å². The predicted octanol–water partition coefficient (Wildman–Crippen LogP) is 0.210. The number of morpholine rings is 1. The molecule has 0 bridgehead atoms. The van der Waals surface area contributed by atoms with Gasteiger partial charge in [0.2, 0.25) is 0 Å². The smallest absolute Gasteiger partial charge is 0.132 e. The lowest BCUT2D eigenvalue weighted by Gasteiger charge is -2.36. The third kappa shape index (κ3) is 2.48. The van der Waals surface area contributed by atoms with E-state index in [1.165, 1.54) is 0 Å². The van der Waals surface area contributed by atoms with Gasteiger partial charge in [-0.2, -0.15) is 0 Å². The molecule has 2 rings (SSSR count). The van der Waals surface area contributed by atoms with E-state index >= 15 is 0 Å². The Labute approximate surface area is 95.8 Å². The maximum absolute atomic E-state index is 5.49. The molecule has 0 spiro atoms. The van der Waals surface area contributed by atoms with Crippen molar-refractivity contribution < 1.29 is 4.74 Å². The Morgan fingerprint density at radius 2 is 2.50 bits per heavy atom. The van der Waals surface area contributed by atoms with E-state index in [1.54, 1.807) is 0 Å². The molecular weight excluding hydrogens is 204 g/mol. The molecule has 0 radical (unpaired) electrons. The van der Waals surface area contributed by atoms with E-state index in [9.17, 15) is 0 Å². The number of nitrogens with one attached hydrogen (secondary N) is 1. The van der Waals surface area contributed by atoms with Gasteiger partial charge in [0.05, 0.1) is 19.3 Å². The normalized spacial score (nSPS) is 21.1. The van der Waals surface area contributed by atoms with Crippen LogP contribution in [0.15, 0.2) is 12.3 Å². The van der Waals surface area contributed by atoms with E-state index < -0.39 is 0 Å². The second-order valence-electron chi connectivity index (χ2n) is 3.94. The molecule has 16 heavy (non-hydrogen) atoms. The maximum Gasteiger partial charge on any atom is 0.132 e. The summed E-state index contributed by atoms with van der Waals surface area (Å²) in [6.45, 7) is 5.23. The van der Waals surface area contributed by atoms with Crippen molar-refractivity contribution in [3.63, 3.8) is 0 Å². The molecule has 1 fully saturated rings. The molecular formula is C11H18N4O. The van der Waals surface area contributed by atoms with E-state index in [2.05, 4.69) is 20.2 Å². The molecule has 1 aliphatic rings. The van der Waals surface area contributed by atoms with Crippen LogP contribution in [0.5, 0.6) is 0 Å². The van der Waals surface area contributed by atoms with Gasteiger partial charge in [0.1, 0.15) is 11.6 Å². The Morgan fingerprint density at radius 1 is 1.62 bits per heavy atom. The number of anilines is 1. The molecule has 1 aromatic rings. The first-order chi connectivity index (χ1) is 7.81. The molecule has 1 aliphatic heterocycles. The zero-order chi connectivity index (χ0) is 11.4. The van der Waals surface area contributed by atoms with Crippen LogP contribution in [0, 0.1) is 6.92 Å². The van der Waals surface area contributed by atoms with Crippen LogP contribution in [-0.4, -0.2) is 49.4 Å². The molecule has 1 unspecified atom stereocenters. The highest BCUT2D eigenvalue weighted by molar-refractivity contribution is 5.39. The number of aryl methyl sites for hydroxylation is 1. The number of ether oxygens (including phenoxy) is 1. The Morgan fingerprint density at radius 3 is 3.25 bits per heavy atom. The van der Waals surface area contributed by atoms with Gasteiger partial charge in [-0.1, -0.05) is 0 Å². The summed E-state index contributed by atoms with van der Waals surface area (Å²) in [5, 5.41) is 3.19. The lowest BCUT2D eigenvalue weighted by atomic mass is 10.2. The summed E-state index contributed by atoms with van der Waals surface area (Å²) in [6.07, 6.45) is 1.81. The second kappa shape index (κ2) is 5.23. The molecule has 88 valence electrons. The number of rotatable bonds is 3. The quantitative estimate of drug-likeness (QED) is 0.792. The van der Waals surface area contributed by atoms with Crippen molar-refractivity contribution >= 4 is 5.82 Å². The van der Waals surface area contributed by atoms with E-state index in [0.29, 0.717) is 6.04 Å². The molecule has 1 aromatic heterocycles. The summed E-state index contributed by atoms with van der Waals surface area (Å²) < 4.78 is 5.49. The van der Waals surface area contributed by atoms with Crippen LogP contribution in [0.4, 0.5) is 5.82 Å². The number of likely N-dealkylation sites (N-methyl/N-ethyl adjacent to an activating group) is 1. The van der Waals surface area contributed by atoms with Gasteiger partial charge in [-0.3, -0.25) is 0 Å². The van der Waals surface area contributed by atoms with Gasteiger partial charge in [0, 0.05) is 19.3 Å². The van der Waals surface area contributed by atoms with Gasteiger partial charge < -0.3 is 15.0 Å². The molecule has 1 N–H and O–H groups in total. The highest BCUT2D eigenvalue weighted by Gasteiger charge is 2.23. The summed E-state index contributed by atoms with van der Waals surface area (Å²) in [6, 6.07) is 2.31. The Bertz CT molecular complexity index is 343. The largest absolute Gasteiger partial charge is 0.377 e. The van der Waals surface area contributed by atoms with E-state index in [-0.39, 0.29) is 0 Å². The number of aromatic nitrogens is 2. The van der Waals surface area contributed by atoms with Crippen molar-refractivity contribution in [2.75, 3.05) is 38.3 Å². The molecule has 2 heterocycles. The van der Waals surface area contributed by atoms with Crippen molar-refractivity contribution in [1.82, 2.24) is 15.3 Å². The van der Waals surface area contributed by atoms with Gasteiger partial charge in [-0.15, -0.1) is 0 Å². The fraction of sp³-hybridized carbons (Fsp3) is 0.636. The number of hydrogen-bond donors (Lipinski definition) is 1. The minimum absolute atomic E-state index is 0.355. The SMILES string of the molecule is CNCC1COCCN1c1ccnc(C)n1. The van der Waals surface area contributed by atoms with E-state index in [1.807, 2.05) is 26.2 Å². The fourth-order valence-corrected chi connectivity index (χ4v) is 1.96. The molecule has 1 atom stereocenters. The molecule has 0 aromatic carbocycles. The topological polar surface area (TPSA) is 50.3 Å². The minimum Gasteiger partial charge on any atom is -0.377 e. The van der Waals surface area contributed by atoms with Crippen LogP contribution in [0.1, 0.15) is 5.82 Å². The standard InChI is InChI=1S/C11H18N4O/c1-9-13-4-3-11(14-9)15-5-6-16-8-10(15)7-12-2/h3-4,10,12H,5-8H2,1-2H3. The van der Waals surface area contributed by atoms with Crippen molar-refractivity contribution in [2.45, 2.75) is 13.0 Å². The first-order valence-corrected chi connectivity index (χ1v) is 5.60. The van der Waals surface area contributed by atoms with Crippen LogP contribution in [0.3, 0.4) is 0 Å². The average Bonchev–Trinajstić information content (AvgIpc) is 2.30. The summed E-state index contributed by atoms with van der Waals surface area (Å²) in [4.78, 5) is 10.9. The minimum atomic E-state index is 0.355. The van der Waals surface area contributed by atoms with E-state index in [4.69, 9.17) is 4.74 Å². The van der Waals surface area contributed by atoms with Crippen molar-refractivity contribution in [1.29, 1.82) is 0 Å². The van der Waals surface area contributed by atoms with Crippen molar-refractivity contribution in [3.05, 3.63) is 18.1 Å². The third-order valence-corrected chi connectivity index (χ3v) is 2.72. The van der Waals surface area contributed by atoms with Crippen LogP contribution in [-0.2, 0) is 4.74 Å². The van der Waals surface area contributed by atoms with Gasteiger partial charge in [0.15, 0.2) is 0 Å². The number of nitrogens with zero attached hydrogens (tertiary/aromatic N) is 3. The maximum atomic E-state index is 5.49. The summed E-state index contributed by atoms with van der Waals surface area (Å²) in [7, 11) is 1.96.